The number of furan rings is 1. The molecule has 8 nitrogen and oxygen atoms in total. The molecule has 1 aromatic heterocycles. The van der Waals surface area contributed by atoms with Crippen LogP contribution in [0.15, 0.2) is 47.1 Å². The molecular formula is C46H74O8Si2. The van der Waals surface area contributed by atoms with Crippen LogP contribution in [0.4, 0.5) is 0 Å². The number of carbonyl (C=O) groups excluding carboxylic acids is 1. The van der Waals surface area contributed by atoms with Gasteiger partial charge in [-0.2, -0.15) is 0 Å². The number of rotatable bonds is 20. The van der Waals surface area contributed by atoms with Crippen LogP contribution in [0.25, 0.3) is 11.0 Å². The number of fused-ring (bicyclic) bond motifs is 1. The Morgan fingerprint density at radius 1 is 0.946 bits per heavy atom. The molecule has 0 radical (unpaired) electrons. The molecule has 314 valence electrons. The zero-order valence-corrected chi connectivity index (χ0v) is 39.4. The minimum Gasteiger partial charge on any atom is -0.488 e. The molecule has 56 heavy (non-hydrogen) atoms. The number of benzene rings is 2. The second-order valence-corrected chi connectivity index (χ2v) is 29.0. The van der Waals surface area contributed by atoms with E-state index in [1.165, 1.54) is 0 Å². The van der Waals surface area contributed by atoms with Gasteiger partial charge in [-0.1, -0.05) is 106 Å². The summed E-state index contributed by atoms with van der Waals surface area (Å²) in [7, 11) is -4.59. The molecular weight excluding hydrogens is 737 g/mol. The van der Waals surface area contributed by atoms with E-state index in [9.17, 15) is 9.90 Å². The Hall–Kier alpha value is -2.48. The average Bonchev–Trinajstić information content (AvgIpc) is 3.72. The summed E-state index contributed by atoms with van der Waals surface area (Å²) >= 11 is 0. The zero-order chi connectivity index (χ0) is 41.9. The predicted octanol–water partition coefficient (Wildman–Crippen LogP) is 11.9. The molecule has 0 aliphatic carbocycles. The highest BCUT2D eigenvalue weighted by atomic mass is 28.4. The highest BCUT2D eigenvalue weighted by Crippen LogP contribution is 2.50. The van der Waals surface area contributed by atoms with Crippen molar-refractivity contribution in [3.63, 3.8) is 0 Å². The smallest absolute Gasteiger partial charge is 0.343 e. The lowest BCUT2D eigenvalue weighted by Gasteiger charge is -2.41. The molecule has 1 aliphatic heterocycles. The second kappa shape index (κ2) is 18.2. The van der Waals surface area contributed by atoms with E-state index in [2.05, 4.69) is 107 Å². The van der Waals surface area contributed by atoms with Crippen molar-refractivity contribution in [2.24, 2.45) is 5.92 Å². The normalized spacial score (nSPS) is 19.6. The number of aliphatic hydroxyl groups excluding tert-OH is 1. The summed E-state index contributed by atoms with van der Waals surface area (Å²) in [5.74, 6) is 0.488. The van der Waals surface area contributed by atoms with Crippen molar-refractivity contribution in [3.05, 3.63) is 64.9 Å². The largest absolute Gasteiger partial charge is 0.488 e. The summed E-state index contributed by atoms with van der Waals surface area (Å²) in [6, 6.07) is 12.5. The summed E-state index contributed by atoms with van der Waals surface area (Å²) in [5, 5.41) is 13.4. The number of carbonyl (C=O) groups is 1. The maximum Gasteiger partial charge on any atom is 0.343 e. The molecule has 0 amide bonds. The van der Waals surface area contributed by atoms with Gasteiger partial charge in [0.1, 0.15) is 24.0 Å². The van der Waals surface area contributed by atoms with Crippen molar-refractivity contribution in [1.29, 1.82) is 0 Å². The Morgan fingerprint density at radius 3 is 2.12 bits per heavy atom. The first kappa shape index (κ1) is 46.2. The molecule has 1 aliphatic rings. The van der Waals surface area contributed by atoms with Gasteiger partial charge in [-0.15, -0.1) is 0 Å². The number of hydrogen-bond acceptors (Lipinski definition) is 8. The second-order valence-electron chi connectivity index (χ2n) is 19.4. The van der Waals surface area contributed by atoms with Crippen LogP contribution in [0.2, 0.25) is 36.3 Å². The van der Waals surface area contributed by atoms with E-state index in [0.29, 0.717) is 32.0 Å². The minimum absolute atomic E-state index is 0.0172. The molecule has 1 fully saturated rings. The maximum absolute atomic E-state index is 13.8. The fourth-order valence-electron chi connectivity index (χ4n) is 7.21. The van der Waals surface area contributed by atoms with Gasteiger partial charge >= 0.3 is 5.97 Å². The van der Waals surface area contributed by atoms with Crippen molar-refractivity contribution in [2.75, 3.05) is 6.61 Å². The molecule has 0 spiro atoms. The third-order valence-electron chi connectivity index (χ3n) is 12.6. The number of hydrogen-bond donors (Lipinski definition) is 1. The number of esters is 1. The molecule has 10 heteroatoms. The quantitative estimate of drug-likeness (QED) is 0.0684. The highest BCUT2D eigenvalue weighted by molar-refractivity contribution is 6.74. The molecule has 1 saturated heterocycles. The van der Waals surface area contributed by atoms with E-state index in [1.54, 1.807) is 0 Å². The predicted molar refractivity (Wildman–Crippen MR) is 232 cm³/mol. The van der Waals surface area contributed by atoms with Gasteiger partial charge in [0.15, 0.2) is 16.6 Å². The molecule has 0 bridgehead atoms. The summed E-state index contributed by atoms with van der Waals surface area (Å²) in [6.07, 6.45) is 3.19. The van der Waals surface area contributed by atoms with Crippen LogP contribution in [-0.2, 0) is 42.8 Å². The number of ether oxygens (including phenoxy) is 3. The first-order valence-corrected chi connectivity index (χ1v) is 26.9. The summed E-state index contributed by atoms with van der Waals surface area (Å²) in [5.41, 5.74) is 3.53. The van der Waals surface area contributed by atoms with E-state index < -0.39 is 40.4 Å². The third kappa shape index (κ3) is 10.2. The van der Waals surface area contributed by atoms with Crippen LogP contribution < -0.4 is 4.74 Å². The molecule has 3 unspecified atom stereocenters. The highest BCUT2D eigenvalue weighted by Gasteiger charge is 2.69. The lowest BCUT2D eigenvalue weighted by atomic mass is 9.83. The molecule has 2 aromatic carbocycles. The Morgan fingerprint density at radius 2 is 1.59 bits per heavy atom. The molecule has 3 aromatic rings. The van der Waals surface area contributed by atoms with Crippen LogP contribution >= 0.6 is 0 Å². The summed E-state index contributed by atoms with van der Waals surface area (Å²) in [4.78, 5) is 13.8. The SMILES string of the molecule is CCCC(c1coc2c(CO[Si](C)(C)C(C)(C)C)c(OCc3ccccc3)c(CC(C)C)cc12)C(O)C[C@H](O[Si](C)(C)C(C)(C)C)C1(C(=O)OCC)O[C@H]1CC. The topological polar surface area (TPSA) is 99.9 Å². The van der Waals surface area contributed by atoms with Crippen LogP contribution in [0.5, 0.6) is 5.75 Å². The third-order valence-corrected chi connectivity index (χ3v) is 21.6. The van der Waals surface area contributed by atoms with Gasteiger partial charge in [0.05, 0.1) is 37.2 Å². The van der Waals surface area contributed by atoms with Crippen molar-refractivity contribution < 1.29 is 37.4 Å². The van der Waals surface area contributed by atoms with Crippen LogP contribution in [0, 0.1) is 5.92 Å². The molecule has 5 atom stereocenters. The monoisotopic (exact) mass is 810 g/mol. The van der Waals surface area contributed by atoms with E-state index in [4.69, 9.17) is 27.5 Å². The molecule has 1 N–H and O–H groups in total. The van der Waals surface area contributed by atoms with Crippen LogP contribution in [0.1, 0.15) is 130 Å². The zero-order valence-electron chi connectivity index (χ0n) is 37.4. The number of aliphatic hydroxyl groups is 1. The lowest BCUT2D eigenvalue weighted by Crippen LogP contribution is -2.53. The molecule has 4 rings (SSSR count). The van der Waals surface area contributed by atoms with E-state index in [1.807, 2.05) is 38.3 Å². The van der Waals surface area contributed by atoms with Crippen molar-refractivity contribution in [1.82, 2.24) is 0 Å². The maximum atomic E-state index is 13.8. The van der Waals surface area contributed by atoms with Gasteiger partial charge in [-0.25, -0.2) is 4.79 Å². The Bertz CT molecular complexity index is 1740. The van der Waals surface area contributed by atoms with Gasteiger partial charge in [-0.3, -0.25) is 0 Å². The molecule has 2 heterocycles. The van der Waals surface area contributed by atoms with Crippen LogP contribution in [0.3, 0.4) is 0 Å². The van der Waals surface area contributed by atoms with Gasteiger partial charge in [-0.05, 0) is 85.6 Å². The van der Waals surface area contributed by atoms with Crippen LogP contribution in [-0.4, -0.2) is 58.2 Å². The van der Waals surface area contributed by atoms with E-state index in [-0.39, 0.29) is 35.1 Å². The fraction of sp³-hybridized carbons (Fsp3) is 0.674. The Labute approximate surface area is 340 Å². The van der Waals surface area contributed by atoms with E-state index >= 15 is 0 Å². The first-order valence-electron chi connectivity index (χ1n) is 21.1. The van der Waals surface area contributed by atoms with Crippen molar-refractivity contribution >= 4 is 33.6 Å². The first-order chi connectivity index (χ1) is 26.0. The Balaban J connectivity index is 1.86. The standard InChI is InChI=1S/C46H74O8Si2/c1-16-22-34(38(47)27-40(54-56(14,15)45(9,10)11)46(39(17-2)53-46)43(48)49-18-3)36-29-51-42-35(36)26-33(25-31(4)5)41(50-28-32-23-20-19-21-24-32)37(42)30-52-55(12,13)44(6,7)8/h19-21,23-24,26,29,31,34,38-40,47H,16-18,22,25,27-28,30H2,1-15H3/t34?,38?,39-,40-,46?/m0/s1. The van der Waals surface area contributed by atoms with E-state index in [0.717, 1.165) is 51.8 Å². The van der Waals surface area contributed by atoms with Gasteiger partial charge in [0, 0.05) is 23.3 Å². The van der Waals surface area contributed by atoms with Gasteiger partial charge in [0.25, 0.3) is 0 Å². The van der Waals surface area contributed by atoms with Gasteiger partial charge in [0.2, 0.25) is 5.60 Å². The molecule has 0 saturated carbocycles. The minimum atomic E-state index is -2.43. The summed E-state index contributed by atoms with van der Waals surface area (Å²) < 4.78 is 39.3. The number of epoxide rings is 1. The van der Waals surface area contributed by atoms with Gasteiger partial charge < -0.3 is 32.6 Å². The van der Waals surface area contributed by atoms with Crippen molar-refractivity contribution in [3.8, 4) is 5.75 Å². The lowest BCUT2D eigenvalue weighted by molar-refractivity contribution is -0.154. The fourth-order valence-corrected chi connectivity index (χ4v) is 9.48. The van der Waals surface area contributed by atoms with Crippen molar-refractivity contribution in [2.45, 2.75) is 188 Å². The Kier molecular flexibility index (Phi) is 15.0. The average molecular weight is 811 g/mol. The summed E-state index contributed by atoms with van der Waals surface area (Å²) in [6.45, 7) is 33.7.